The van der Waals surface area contributed by atoms with Crippen LogP contribution < -0.4 is 14.9 Å². The predicted octanol–water partition coefficient (Wildman–Crippen LogP) is 1.93. The van der Waals surface area contributed by atoms with Crippen molar-refractivity contribution < 1.29 is 24.0 Å². The van der Waals surface area contributed by atoms with Crippen LogP contribution in [0.2, 0.25) is 0 Å². The smallest absolute Gasteiger partial charge is 0.402 e. The minimum absolute atomic E-state index is 0.0622. The molecular weight excluding hydrogens is 325 g/mol. The molecule has 1 atom stereocenters. The Morgan fingerprint density at radius 3 is 2.48 bits per heavy atom. The van der Waals surface area contributed by atoms with E-state index in [0.717, 1.165) is 5.46 Å². The number of benzene rings is 2. The highest BCUT2D eigenvalue weighted by molar-refractivity contribution is 6.46. The van der Waals surface area contributed by atoms with Crippen molar-refractivity contribution in [2.45, 2.75) is 6.10 Å². The van der Waals surface area contributed by atoms with E-state index in [4.69, 9.17) is 19.7 Å². The van der Waals surface area contributed by atoms with Crippen molar-refractivity contribution >= 4 is 19.0 Å². The summed E-state index contributed by atoms with van der Waals surface area (Å²) in [7, 11) is 0.420. The number of carbonyl (C=O) groups is 1. The van der Waals surface area contributed by atoms with Gasteiger partial charge in [-0.05, 0) is 29.8 Å². The molecular formula is C16H16BN3O5. The molecule has 0 aromatic heterocycles. The molecule has 0 radical (unpaired) electrons. The Morgan fingerprint density at radius 1 is 1.12 bits per heavy atom. The summed E-state index contributed by atoms with van der Waals surface area (Å²) in [5.41, 5.74) is 9.14. The molecule has 1 amide bonds. The Bertz CT molecular complexity index is 720. The van der Waals surface area contributed by atoms with E-state index in [1.807, 2.05) is 30.3 Å². The van der Waals surface area contributed by atoms with Gasteiger partial charge in [-0.2, -0.15) is 0 Å². The van der Waals surface area contributed by atoms with Crippen LogP contribution in [0.3, 0.4) is 0 Å². The van der Waals surface area contributed by atoms with Crippen LogP contribution in [0.15, 0.2) is 59.7 Å². The van der Waals surface area contributed by atoms with Crippen LogP contribution in [-0.2, 0) is 4.65 Å². The van der Waals surface area contributed by atoms with Gasteiger partial charge in [0.15, 0.2) is 0 Å². The Morgan fingerprint density at radius 2 is 1.80 bits per heavy atom. The van der Waals surface area contributed by atoms with E-state index < -0.39 is 12.2 Å². The maximum absolute atomic E-state index is 11.0. The quantitative estimate of drug-likeness (QED) is 0.341. The third kappa shape index (κ3) is 6.96. The molecule has 0 aliphatic rings. The molecule has 2 aromatic carbocycles. The number of amides is 1. The van der Waals surface area contributed by atoms with Crippen molar-refractivity contribution in [3.63, 3.8) is 0 Å². The zero-order valence-corrected chi connectivity index (χ0v) is 13.3. The molecule has 9 heteroatoms. The first-order valence-corrected chi connectivity index (χ1v) is 7.47. The molecule has 25 heavy (non-hydrogen) atoms. The van der Waals surface area contributed by atoms with Gasteiger partial charge in [-0.3, -0.25) is 0 Å². The van der Waals surface area contributed by atoms with Crippen LogP contribution in [0, 0.1) is 0 Å². The van der Waals surface area contributed by atoms with Crippen molar-refractivity contribution in [2.24, 2.45) is 5.11 Å². The molecule has 0 aliphatic carbocycles. The fourth-order valence-electron chi connectivity index (χ4n) is 1.89. The molecule has 0 spiro atoms. The summed E-state index contributed by atoms with van der Waals surface area (Å²) in [6, 6.07) is 15.8. The summed E-state index contributed by atoms with van der Waals surface area (Å²) in [4.78, 5) is 13.3. The first-order chi connectivity index (χ1) is 12.2. The fourth-order valence-corrected chi connectivity index (χ4v) is 1.89. The first kappa shape index (κ1) is 18.3. The molecule has 0 heterocycles. The first-order valence-electron chi connectivity index (χ1n) is 7.47. The third-order valence-electron chi connectivity index (χ3n) is 3.02. The lowest BCUT2D eigenvalue weighted by Gasteiger charge is -2.13. The number of ether oxygens (including phenoxy) is 2. The average Bonchev–Trinajstić information content (AvgIpc) is 2.62. The molecule has 2 rings (SSSR count). The van der Waals surface area contributed by atoms with Gasteiger partial charge in [-0.15, -0.1) is 0 Å². The zero-order valence-electron chi connectivity index (χ0n) is 13.3. The number of azide groups is 1. The summed E-state index contributed by atoms with van der Waals surface area (Å²) in [5, 5.41) is 12.6. The van der Waals surface area contributed by atoms with Gasteiger partial charge in [0.05, 0.1) is 6.61 Å². The van der Waals surface area contributed by atoms with Gasteiger partial charge >= 0.3 is 13.6 Å². The van der Waals surface area contributed by atoms with E-state index in [1.54, 1.807) is 12.1 Å². The van der Waals surface area contributed by atoms with Crippen molar-refractivity contribution in [3.05, 3.63) is 65.0 Å². The molecule has 8 nitrogen and oxygen atoms in total. The highest BCUT2D eigenvalue weighted by Gasteiger charge is 2.07. The van der Waals surface area contributed by atoms with Crippen LogP contribution in [0.25, 0.3) is 10.4 Å². The van der Waals surface area contributed by atoms with Crippen LogP contribution in [-0.4, -0.2) is 38.0 Å². The maximum atomic E-state index is 11.0. The number of hydrogen-bond donors (Lipinski definition) is 1. The van der Waals surface area contributed by atoms with Gasteiger partial charge in [0.2, 0.25) is 0 Å². The SMILES string of the molecule is [N-]=[N+]=NC(=O)Oc1ccc(OCC(O)COBc2ccccc2)cc1. The van der Waals surface area contributed by atoms with Crippen molar-refractivity contribution in [2.75, 3.05) is 13.2 Å². The summed E-state index contributed by atoms with van der Waals surface area (Å²) >= 11 is 0. The standard InChI is InChI=1S/C16H16BN3O5/c18-20-19-16(22)25-15-8-6-14(7-9-15)23-10-13(21)11-24-17-12-4-2-1-3-5-12/h1-9,13,17,21H,10-11H2. The summed E-state index contributed by atoms with van der Waals surface area (Å²) in [5.74, 6) is 0.710. The van der Waals surface area contributed by atoms with Crippen LogP contribution in [0.1, 0.15) is 0 Å². The van der Waals surface area contributed by atoms with E-state index in [0.29, 0.717) is 13.2 Å². The Labute approximate surface area is 144 Å². The molecule has 1 N–H and O–H groups in total. The fraction of sp³-hybridized carbons (Fsp3) is 0.188. The van der Waals surface area contributed by atoms with Crippen LogP contribution in [0.4, 0.5) is 4.79 Å². The number of rotatable bonds is 8. The van der Waals surface area contributed by atoms with E-state index in [2.05, 4.69) is 10.0 Å². The van der Waals surface area contributed by atoms with E-state index in [1.165, 1.54) is 12.1 Å². The van der Waals surface area contributed by atoms with Crippen molar-refractivity contribution in [3.8, 4) is 11.5 Å². The molecule has 0 aliphatic heterocycles. The molecule has 128 valence electrons. The van der Waals surface area contributed by atoms with E-state index >= 15 is 0 Å². The molecule has 0 saturated carbocycles. The summed E-state index contributed by atoms with van der Waals surface area (Å²) < 4.78 is 15.6. The Balaban J connectivity index is 1.69. The minimum atomic E-state index is -1.04. The van der Waals surface area contributed by atoms with Crippen LogP contribution in [0.5, 0.6) is 11.5 Å². The maximum Gasteiger partial charge on any atom is 0.402 e. The molecule has 1 unspecified atom stereocenters. The topological polar surface area (TPSA) is 114 Å². The molecule has 0 saturated heterocycles. The second-order valence-corrected chi connectivity index (χ2v) is 4.99. The third-order valence-corrected chi connectivity index (χ3v) is 3.02. The van der Waals surface area contributed by atoms with Gasteiger partial charge in [0.25, 0.3) is 0 Å². The highest BCUT2D eigenvalue weighted by atomic mass is 16.6. The second-order valence-electron chi connectivity index (χ2n) is 4.99. The van der Waals surface area contributed by atoms with Crippen molar-refractivity contribution in [1.82, 2.24) is 0 Å². The van der Waals surface area contributed by atoms with Crippen LogP contribution >= 0.6 is 0 Å². The van der Waals surface area contributed by atoms with E-state index in [9.17, 15) is 9.90 Å². The average molecular weight is 341 g/mol. The number of nitrogens with zero attached hydrogens (tertiary/aromatic N) is 3. The Kier molecular flexibility index (Phi) is 7.33. The van der Waals surface area contributed by atoms with E-state index in [-0.39, 0.29) is 19.0 Å². The van der Waals surface area contributed by atoms with Gasteiger partial charge in [-0.25, -0.2) is 4.79 Å². The highest BCUT2D eigenvalue weighted by Crippen LogP contribution is 2.18. The number of aliphatic hydroxyl groups is 1. The monoisotopic (exact) mass is 341 g/mol. The Hall–Kier alpha value is -3.00. The minimum Gasteiger partial charge on any atom is -0.491 e. The normalized spacial score (nSPS) is 11.1. The van der Waals surface area contributed by atoms with Gasteiger partial charge in [0.1, 0.15) is 24.2 Å². The zero-order chi connectivity index (χ0) is 17.9. The van der Waals surface area contributed by atoms with Gasteiger partial charge < -0.3 is 19.2 Å². The lowest BCUT2D eigenvalue weighted by Crippen LogP contribution is -2.27. The second kappa shape index (κ2) is 9.99. The van der Waals surface area contributed by atoms with Gasteiger partial charge in [-0.1, -0.05) is 35.8 Å². The lowest BCUT2D eigenvalue weighted by atomic mass is 9.88. The largest absolute Gasteiger partial charge is 0.491 e. The number of carbonyl (C=O) groups excluding carboxylic acids is 1. The summed E-state index contributed by atoms with van der Waals surface area (Å²) in [6.07, 6.45) is -1.81. The molecule has 0 fully saturated rings. The summed E-state index contributed by atoms with van der Waals surface area (Å²) in [6.45, 7) is 0.212. The molecule has 0 bridgehead atoms. The number of aliphatic hydroxyl groups excluding tert-OH is 1. The molecule has 2 aromatic rings. The van der Waals surface area contributed by atoms with Gasteiger partial charge in [0, 0.05) is 10.0 Å². The predicted molar refractivity (Wildman–Crippen MR) is 92.3 cm³/mol. The lowest BCUT2D eigenvalue weighted by molar-refractivity contribution is 0.0647. The number of hydrogen-bond acceptors (Lipinski definition) is 5. The van der Waals surface area contributed by atoms with Crippen molar-refractivity contribution in [1.29, 1.82) is 0 Å².